The van der Waals surface area contributed by atoms with E-state index in [0.29, 0.717) is 12.0 Å². The minimum atomic E-state index is 0.604. The summed E-state index contributed by atoms with van der Waals surface area (Å²) in [6.45, 7) is 6.90. The number of rotatable bonds is 7. The highest BCUT2D eigenvalue weighted by atomic mass is 32.1. The van der Waals surface area contributed by atoms with Crippen LogP contribution >= 0.6 is 12.2 Å². The van der Waals surface area contributed by atoms with Crippen molar-refractivity contribution in [3.63, 3.8) is 0 Å². The lowest BCUT2D eigenvalue weighted by atomic mass is 10.2. The van der Waals surface area contributed by atoms with Crippen LogP contribution in [-0.2, 0) is 4.74 Å². The lowest BCUT2D eigenvalue weighted by Crippen LogP contribution is -2.41. The molecule has 1 aliphatic carbocycles. The SMILES string of the molecule is CC(C)COCCCNC(=S)NC1CCCC1. The summed E-state index contributed by atoms with van der Waals surface area (Å²) in [7, 11) is 0. The maximum atomic E-state index is 5.51. The first-order valence-electron chi connectivity index (χ1n) is 6.80. The zero-order valence-corrected chi connectivity index (χ0v) is 11.9. The molecule has 3 nitrogen and oxygen atoms in total. The van der Waals surface area contributed by atoms with Crippen molar-refractivity contribution in [2.24, 2.45) is 5.92 Å². The average Bonchev–Trinajstić information content (AvgIpc) is 2.75. The zero-order valence-electron chi connectivity index (χ0n) is 11.1. The largest absolute Gasteiger partial charge is 0.381 e. The summed E-state index contributed by atoms with van der Waals surface area (Å²) in [6.07, 6.45) is 6.21. The number of nitrogens with one attached hydrogen (secondary N) is 2. The molecule has 0 atom stereocenters. The van der Waals surface area contributed by atoms with Crippen LogP contribution in [0.25, 0.3) is 0 Å². The molecule has 0 aliphatic heterocycles. The van der Waals surface area contributed by atoms with Gasteiger partial charge in [0.1, 0.15) is 0 Å². The first-order valence-corrected chi connectivity index (χ1v) is 7.21. The molecule has 0 radical (unpaired) electrons. The molecule has 0 heterocycles. The monoisotopic (exact) mass is 258 g/mol. The molecule has 0 bridgehead atoms. The van der Waals surface area contributed by atoms with Crippen molar-refractivity contribution >= 4 is 17.3 Å². The van der Waals surface area contributed by atoms with Gasteiger partial charge in [-0.2, -0.15) is 0 Å². The van der Waals surface area contributed by atoms with Gasteiger partial charge in [0.05, 0.1) is 0 Å². The Morgan fingerprint density at radius 1 is 1.35 bits per heavy atom. The summed E-state index contributed by atoms with van der Waals surface area (Å²) >= 11 is 5.25. The lowest BCUT2D eigenvalue weighted by molar-refractivity contribution is 0.108. The van der Waals surface area contributed by atoms with Crippen LogP contribution < -0.4 is 10.6 Å². The lowest BCUT2D eigenvalue weighted by Gasteiger charge is -2.15. The summed E-state index contributed by atoms with van der Waals surface area (Å²) in [4.78, 5) is 0. The molecule has 1 rings (SSSR count). The number of thiocarbonyl (C=S) groups is 1. The van der Waals surface area contributed by atoms with Crippen molar-refractivity contribution < 1.29 is 4.74 Å². The third-order valence-corrected chi connectivity index (χ3v) is 3.15. The van der Waals surface area contributed by atoms with Gasteiger partial charge in [-0.25, -0.2) is 0 Å². The quantitative estimate of drug-likeness (QED) is 0.543. The van der Waals surface area contributed by atoms with E-state index in [1.807, 2.05) is 0 Å². The summed E-state index contributed by atoms with van der Waals surface area (Å²) in [6, 6.07) is 0.604. The van der Waals surface area contributed by atoms with Gasteiger partial charge in [-0.3, -0.25) is 0 Å². The average molecular weight is 258 g/mol. The second-order valence-electron chi connectivity index (χ2n) is 5.20. The number of hydrogen-bond donors (Lipinski definition) is 2. The normalized spacial score (nSPS) is 16.4. The Labute approximate surface area is 111 Å². The summed E-state index contributed by atoms with van der Waals surface area (Å²) in [5, 5.41) is 7.41. The smallest absolute Gasteiger partial charge is 0.166 e. The summed E-state index contributed by atoms with van der Waals surface area (Å²) in [5.41, 5.74) is 0. The molecule has 0 saturated heterocycles. The Kier molecular flexibility index (Phi) is 7.53. The van der Waals surface area contributed by atoms with Crippen LogP contribution in [0, 0.1) is 5.92 Å². The van der Waals surface area contributed by atoms with Crippen LogP contribution in [0.2, 0.25) is 0 Å². The van der Waals surface area contributed by atoms with E-state index in [1.165, 1.54) is 25.7 Å². The van der Waals surface area contributed by atoms with Gasteiger partial charge in [-0.1, -0.05) is 26.7 Å². The predicted octanol–water partition coefficient (Wildman–Crippen LogP) is 2.46. The minimum absolute atomic E-state index is 0.604. The third kappa shape index (κ3) is 7.55. The Hall–Kier alpha value is -0.350. The highest BCUT2D eigenvalue weighted by molar-refractivity contribution is 7.80. The van der Waals surface area contributed by atoms with Crippen molar-refractivity contribution in [1.82, 2.24) is 10.6 Å². The van der Waals surface area contributed by atoms with Crippen molar-refractivity contribution in [3.05, 3.63) is 0 Å². The van der Waals surface area contributed by atoms with E-state index in [1.54, 1.807) is 0 Å². The van der Waals surface area contributed by atoms with Gasteiger partial charge in [0.2, 0.25) is 0 Å². The molecule has 0 spiro atoms. The fraction of sp³-hybridized carbons (Fsp3) is 0.923. The molecule has 0 aromatic rings. The molecular weight excluding hydrogens is 232 g/mol. The second-order valence-corrected chi connectivity index (χ2v) is 5.61. The Balaban J connectivity index is 1.89. The Morgan fingerprint density at radius 2 is 2.06 bits per heavy atom. The highest BCUT2D eigenvalue weighted by Gasteiger charge is 2.14. The zero-order chi connectivity index (χ0) is 12.5. The predicted molar refractivity (Wildman–Crippen MR) is 76.3 cm³/mol. The van der Waals surface area contributed by atoms with Crippen LogP contribution in [0.1, 0.15) is 46.0 Å². The molecular formula is C13H26N2OS. The third-order valence-electron chi connectivity index (χ3n) is 2.89. The fourth-order valence-corrected chi connectivity index (χ4v) is 2.27. The van der Waals surface area contributed by atoms with Gasteiger partial charge >= 0.3 is 0 Å². The van der Waals surface area contributed by atoms with E-state index >= 15 is 0 Å². The molecule has 1 saturated carbocycles. The number of hydrogen-bond acceptors (Lipinski definition) is 2. The van der Waals surface area contributed by atoms with E-state index in [-0.39, 0.29) is 0 Å². The maximum Gasteiger partial charge on any atom is 0.166 e. The van der Waals surface area contributed by atoms with Gasteiger partial charge in [0.25, 0.3) is 0 Å². The summed E-state index contributed by atoms with van der Waals surface area (Å²) < 4.78 is 5.51. The molecule has 4 heteroatoms. The van der Waals surface area contributed by atoms with E-state index in [9.17, 15) is 0 Å². The van der Waals surface area contributed by atoms with E-state index in [2.05, 4.69) is 24.5 Å². The molecule has 2 N–H and O–H groups in total. The van der Waals surface area contributed by atoms with Gasteiger partial charge in [0, 0.05) is 25.8 Å². The molecule has 0 unspecified atom stereocenters. The van der Waals surface area contributed by atoms with Crippen LogP contribution in [0.15, 0.2) is 0 Å². The van der Waals surface area contributed by atoms with Crippen molar-refractivity contribution in [3.8, 4) is 0 Å². The first-order chi connectivity index (χ1) is 8.18. The van der Waals surface area contributed by atoms with Gasteiger partial charge in [-0.15, -0.1) is 0 Å². The Morgan fingerprint density at radius 3 is 2.71 bits per heavy atom. The molecule has 0 amide bonds. The van der Waals surface area contributed by atoms with Crippen LogP contribution in [0.4, 0.5) is 0 Å². The van der Waals surface area contributed by atoms with Crippen molar-refractivity contribution in [2.75, 3.05) is 19.8 Å². The van der Waals surface area contributed by atoms with Gasteiger partial charge in [0.15, 0.2) is 5.11 Å². The van der Waals surface area contributed by atoms with E-state index in [4.69, 9.17) is 17.0 Å². The minimum Gasteiger partial charge on any atom is -0.381 e. The van der Waals surface area contributed by atoms with Gasteiger partial charge in [-0.05, 0) is 37.4 Å². The molecule has 1 fully saturated rings. The number of ether oxygens (including phenoxy) is 1. The fourth-order valence-electron chi connectivity index (χ4n) is 2.00. The summed E-state index contributed by atoms with van der Waals surface area (Å²) in [5.74, 6) is 0.619. The van der Waals surface area contributed by atoms with Crippen molar-refractivity contribution in [2.45, 2.75) is 52.0 Å². The van der Waals surface area contributed by atoms with E-state index in [0.717, 1.165) is 31.3 Å². The Bertz CT molecular complexity index is 215. The maximum absolute atomic E-state index is 5.51. The van der Waals surface area contributed by atoms with E-state index < -0.39 is 0 Å². The molecule has 1 aliphatic rings. The van der Waals surface area contributed by atoms with Gasteiger partial charge < -0.3 is 15.4 Å². The van der Waals surface area contributed by atoms with Crippen molar-refractivity contribution in [1.29, 1.82) is 0 Å². The standard InChI is InChI=1S/C13H26N2OS/c1-11(2)10-16-9-5-8-14-13(17)15-12-6-3-4-7-12/h11-12H,3-10H2,1-2H3,(H2,14,15,17). The topological polar surface area (TPSA) is 33.3 Å². The van der Waals surface area contributed by atoms with Crippen LogP contribution in [0.3, 0.4) is 0 Å². The van der Waals surface area contributed by atoms with Crippen LogP contribution in [0.5, 0.6) is 0 Å². The van der Waals surface area contributed by atoms with Crippen LogP contribution in [-0.4, -0.2) is 30.9 Å². The molecule has 0 aromatic heterocycles. The first kappa shape index (κ1) is 14.7. The molecule has 0 aromatic carbocycles. The molecule has 17 heavy (non-hydrogen) atoms. The molecule has 100 valence electrons. The second kappa shape index (κ2) is 8.70. The highest BCUT2D eigenvalue weighted by Crippen LogP contribution is 2.17.